The Kier molecular flexibility index (Phi) is 4.66. The van der Waals surface area contributed by atoms with Crippen molar-refractivity contribution < 1.29 is 14.3 Å². The van der Waals surface area contributed by atoms with Crippen LogP contribution in [0.4, 0.5) is 5.69 Å². The smallest absolute Gasteiger partial charge is 0.341 e. The van der Waals surface area contributed by atoms with E-state index < -0.39 is 0 Å². The number of esters is 1. The van der Waals surface area contributed by atoms with Gasteiger partial charge in [0.05, 0.1) is 13.2 Å². The van der Waals surface area contributed by atoms with Gasteiger partial charge in [-0.1, -0.05) is 12.8 Å². The second kappa shape index (κ2) is 6.45. The Balaban J connectivity index is 2.07. The predicted molar refractivity (Wildman–Crippen MR) is 74.3 cm³/mol. The molecule has 2 N–H and O–H groups in total. The number of carbonyl (C=O) groups excluding carboxylic acids is 1. The largest absolute Gasteiger partial charge is 0.492 e. The molecule has 0 unspecified atom stereocenters. The van der Waals surface area contributed by atoms with Crippen LogP contribution in [0.2, 0.25) is 0 Å². The summed E-state index contributed by atoms with van der Waals surface area (Å²) < 4.78 is 10.8. The van der Waals surface area contributed by atoms with Crippen LogP contribution in [0.1, 0.15) is 43.0 Å². The molecule has 0 atom stereocenters. The number of carbonyl (C=O) groups is 1. The molecular weight excluding hydrogens is 242 g/mol. The molecule has 19 heavy (non-hydrogen) atoms. The molecule has 2 rings (SSSR count). The van der Waals surface area contributed by atoms with Crippen LogP contribution in [-0.2, 0) is 4.74 Å². The Labute approximate surface area is 113 Å². The van der Waals surface area contributed by atoms with Crippen LogP contribution < -0.4 is 10.5 Å². The molecule has 104 valence electrons. The van der Waals surface area contributed by atoms with Gasteiger partial charge in [0.25, 0.3) is 0 Å². The summed E-state index contributed by atoms with van der Waals surface area (Å²) in [6.07, 6.45) is 4.96. The van der Waals surface area contributed by atoms with E-state index in [9.17, 15) is 4.79 Å². The summed E-state index contributed by atoms with van der Waals surface area (Å²) in [6.45, 7) is 2.79. The third kappa shape index (κ3) is 3.63. The van der Waals surface area contributed by atoms with Crippen LogP contribution in [-0.4, -0.2) is 19.2 Å². The number of hydrogen-bond acceptors (Lipinski definition) is 4. The maximum absolute atomic E-state index is 11.8. The van der Waals surface area contributed by atoms with Crippen LogP contribution in [0.25, 0.3) is 0 Å². The first-order valence-electron chi connectivity index (χ1n) is 6.90. The molecule has 0 spiro atoms. The second-order valence-electron chi connectivity index (χ2n) is 4.94. The minimum absolute atomic E-state index is 0.352. The normalized spacial score (nSPS) is 15.4. The van der Waals surface area contributed by atoms with Crippen LogP contribution in [0.3, 0.4) is 0 Å². The molecule has 1 fully saturated rings. The first-order valence-corrected chi connectivity index (χ1v) is 6.90. The van der Waals surface area contributed by atoms with E-state index in [1.807, 2.05) is 0 Å². The standard InChI is InChI=1S/C15H21NO3/c1-2-18-15(17)13-8-7-12(16)9-14(13)19-10-11-5-3-4-6-11/h7-9,11H,2-6,10,16H2,1H3. The molecule has 0 bridgehead atoms. The van der Waals surface area contributed by atoms with Crippen molar-refractivity contribution in [2.24, 2.45) is 5.92 Å². The summed E-state index contributed by atoms with van der Waals surface area (Å²) in [5, 5.41) is 0. The molecule has 0 amide bonds. The van der Waals surface area contributed by atoms with Gasteiger partial charge in [-0.25, -0.2) is 4.79 Å². The van der Waals surface area contributed by atoms with E-state index in [1.165, 1.54) is 25.7 Å². The van der Waals surface area contributed by atoms with Crippen molar-refractivity contribution in [2.45, 2.75) is 32.6 Å². The average Bonchev–Trinajstić information content (AvgIpc) is 2.89. The second-order valence-corrected chi connectivity index (χ2v) is 4.94. The number of nitrogens with two attached hydrogens (primary N) is 1. The fraction of sp³-hybridized carbons (Fsp3) is 0.533. The lowest BCUT2D eigenvalue weighted by Gasteiger charge is -2.14. The summed E-state index contributed by atoms with van der Waals surface area (Å²) >= 11 is 0. The minimum Gasteiger partial charge on any atom is -0.492 e. The number of ether oxygens (including phenoxy) is 2. The average molecular weight is 263 g/mol. The summed E-state index contributed by atoms with van der Waals surface area (Å²) in [7, 11) is 0. The molecular formula is C15H21NO3. The van der Waals surface area contributed by atoms with Crippen LogP contribution in [0.5, 0.6) is 5.75 Å². The monoisotopic (exact) mass is 263 g/mol. The molecule has 0 saturated heterocycles. The highest BCUT2D eigenvalue weighted by atomic mass is 16.5. The Morgan fingerprint density at radius 2 is 2.11 bits per heavy atom. The predicted octanol–water partition coefficient (Wildman–Crippen LogP) is 3.01. The molecule has 0 aromatic heterocycles. The summed E-state index contributed by atoms with van der Waals surface area (Å²) in [5.74, 6) is 0.769. The summed E-state index contributed by atoms with van der Waals surface area (Å²) in [5.41, 5.74) is 6.80. The van der Waals surface area contributed by atoms with E-state index in [0.29, 0.717) is 36.1 Å². The summed E-state index contributed by atoms with van der Waals surface area (Å²) in [4.78, 5) is 11.8. The third-order valence-corrected chi connectivity index (χ3v) is 3.45. The molecule has 1 aliphatic carbocycles. The van der Waals surface area contributed by atoms with Crippen molar-refractivity contribution in [3.8, 4) is 5.75 Å². The zero-order chi connectivity index (χ0) is 13.7. The number of benzene rings is 1. The highest BCUT2D eigenvalue weighted by Gasteiger charge is 2.18. The van der Waals surface area contributed by atoms with Gasteiger partial charge in [0.15, 0.2) is 0 Å². The third-order valence-electron chi connectivity index (χ3n) is 3.45. The molecule has 1 aliphatic rings. The zero-order valence-electron chi connectivity index (χ0n) is 11.4. The van der Waals surface area contributed by atoms with Crippen molar-refractivity contribution in [3.63, 3.8) is 0 Å². The Bertz CT molecular complexity index is 439. The minimum atomic E-state index is -0.357. The molecule has 0 radical (unpaired) electrons. The molecule has 0 aliphatic heterocycles. The number of nitrogen functional groups attached to an aromatic ring is 1. The number of anilines is 1. The van der Waals surface area contributed by atoms with Crippen LogP contribution >= 0.6 is 0 Å². The van der Waals surface area contributed by atoms with Crippen LogP contribution in [0.15, 0.2) is 18.2 Å². The molecule has 1 aromatic rings. The highest BCUT2D eigenvalue weighted by molar-refractivity contribution is 5.93. The maximum atomic E-state index is 11.8. The van der Waals surface area contributed by atoms with Crippen LogP contribution in [0, 0.1) is 5.92 Å². The van der Waals surface area contributed by atoms with Gasteiger partial charge in [0, 0.05) is 11.8 Å². The van der Waals surface area contributed by atoms with Crippen molar-refractivity contribution in [2.75, 3.05) is 18.9 Å². The topological polar surface area (TPSA) is 61.5 Å². The Hall–Kier alpha value is -1.71. The van der Waals surface area contributed by atoms with Crippen molar-refractivity contribution in [1.29, 1.82) is 0 Å². The molecule has 4 nitrogen and oxygen atoms in total. The molecule has 4 heteroatoms. The van der Waals surface area contributed by atoms with Gasteiger partial charge in [-0.2, -0.15) is 0 Å². The quantitative estimate of drug-likeness (QED) is 0.655. The molecule has 1 aromatic carbocycles. The fourth-order valence-electron chi connectivity index (χ4n) is 2.42. The van der Waals surface area contributed by atoms with E-state index in [0.717, 1.165) is 0 Å². The molecule has 1 saturated carbocycles. The lowest BCUT2D eigenvalue weighted by molar-refractivity contribution is 0.0521. The van der Waals surface area contributed by atoms with E-state index in [1.54, 1.807) is 25.1 Å². The first kappa shape index (κ1) is 13.7. The zero-order valence-corrected chi connectivity index (χ0v) is 11.4. The van der Waals surface area contributed by atoms with E-state index in [4.69, 9.17) is 15.2 Å². The lowest BCUT2D eigenvalue weighted by atomic mass is 10.1. The van der Waals surface area contributed by atoms with Gasteiger partial charge in [0.2, 0.25) is 0 Å². The van der Waals surface area contributed by atoms with Gasteiger partial charge >= 0.3 is 5.97 Å². The van der Waals surface area contributed by atoms with E-state index in [-0.39, 0.29) is 5.97 Å². The Morgan fingerprint density at radius 1 is 1.37 bits per heavy atom. The van der Waals surface area contributed by atoms with Gasteiger partial charge in [0.1, 0.15) is 11.3 Å². The van der Waals surface area contributed by atoms with Crippen molar-refractivity contribution >= 4 is 11.7 Å². The number of rotatable bonds is 5. The fourth-order valence-corrected chi connectivity index (χ4v) is 2.42. The SMILES string of the molecule is CCOC(=O)c1ccc(N)cc1OCC1CCCC1. The van der Waals surface area contributed by atoms with Crippen molar-refractivity contribution in [1.82, 2.24) is 0 Å². The van der Waals surface area contributed by atoms with E-state index >= 15 is 0 Å². The van der Waals surface area contributed by atoms with Crippen molar-refractivity contribution in [3.05, 3.63) is 23.8 Å². The highest BCUT2D eigenvalue weighted by Crippen LogP contribution is 2.28. The summed E-state index contributed by atoms with van der Waals surface area (Å²) in [6, 6.07) is 5.05. The molecule has 0 heterocycles. The van der Waals surface area contributed by atoms with Gasteiger partial charge in [-0.3, -0.25) is 0 Å². The van der Waals surface area contributed by atoms with Gasteiger partial charge in [-0.15, -0.1) is 0 Å². The van der Waals surface area contributed by atoms with E-state index in [2.05, 4.69) is 0 Å². The Morgan fingerprint density at radius 3 is 2.79 bits per heavy atom. The van der Waals surface area contributed by atoms with Gasteiger partial charge in [-0.05, 0) is 37.8 Å². The lowest BCUT2D eigenvalue weighted by Crippen LogP contribution is -2.12. The van der Waals surface area contributed by atoms with Gasteiger partial charge < -0.3 is 15.2 Å². The number of hydrogen-bond donors (Lipinski definition) is 1. The maximum Gasteiger partial charge on any atom is 0.341 e. The first-order chi connectivity index (χ1) is 9.20.